The van der Waals surface area contributed by atoms with E-state index in [1.54, 1.807) is 31.5 Å². The van der Waals surface area contributed by atoms with Crippen molar-refractivity contribution in [2.45, 2.75) is 13.5 Å². The van der Waals surface area contributed by atoms with Crippen molar-refractivity contribution in [2.75, 3.05) is 13.7 Å². The van der Waals surface area contributed by atoms with Crippen molar-refractivity contribution in [2.24, 2.45) is 5.10 Å². The third-order valence-electron chi connectivity index (χ3n) is 4.34. The van der Waals surface area contributed by atoms with Gasteiger partial charge in [0.05, 0.1) is 24.4 Å². The minimum Gasteiger partial charge on any atom is -0.493 e. The molecule has 0 fully saturated rings. The molecule has 8 heteroatoms. The first-order chi connectivity index (χ1) is 15.5. The van der Waals surface area contributed by atoms with E-state index in [0.29, 0.717) is 41.0 Å². The van der Waals surface area contributed by atoms with Gasteiger partial charge in [-0.2, -0.15) is 5.10 Å². The normalized spacial score (nSPS) is 10.8. The van der Waals surface area contributed by atoms with Gasteiger partial charge in [-0.3, -0.25) is 4.79 Å². The molecule has 0 spiro atoms. The maximum absolute atomic E-state index is 12.4. The summed E-state index contributed by atoms with van der Waals surface area (Å²) in [4.78, 5) is 12.4. The van der Waals surface area contributed by atoms with E-state index < -0.39 is 0 Å². The third-order valence-corrected chi connectivity index (χ3v) is 5.20. The lowest BCUT2D eigenvalue weighted by Gasteiger charge is -2.10. The van der Waals surface area contributed by atoms with E-state index in [-0.39, 0.29) is 5.91 Å². The van der Waals surface area contributed by atoms with Crippen LogP contribution in [0.3, 0.4) is 0 Å². The van der Waals surface area contributed by atoms with Crippen molar-refractivity contribution < 1.29 is 19.0 Å². The number of amides is 1. The molecule has 3 aromatic carbocycles. The van der Waals surface area contributed by atoms with Crippen molar-refractivity contribution >= 4 is 39.7 Å². The Hall–Kier alpha value is -3.03. The standard InChI is InChI=1S/C24H22BrClN2O4/c1-3-31-23-13-18(8-10-22(23)30-2)24(29)28-27-14-16-7-9-21(20(25)12-16)32-15-17-5-4-6-19(26)11-17/h4-14H,3,15H2,1-2H3,(H,28,29)/b27-14+. The van der Waals surface area contributed by atoms with Crippen LogP contribution < -0.4 is 19.6 Å². The zero-order valence-corrected chi connectivity index (χ0v) is 19.9. The molecule has 166 valence electrons. The summed E-state index contributed by atoms with van der Waals surface area (Å²) in [5.41, 5.74) is 4.69. The minimum atomic E-state index is -0.356. The number of ether oxygens (including phenoxy) is 3. The summed E-state index contributed by atoms with van der Waals surface area (Å²) in [6, 6.07) is 18.0. The molecule has 3 aromatic rings. The summed E-state index contributed by atoms with van der Waals surface area (Å²) < 4.78 is 17.3. The van der Waals surface area contributed by atoms with Gasteiger partial charge in [-0.1, -0.05) is 23.7 Å². The molecule has 0 saturated heterocycles. The number of benzene rings is 3. The SMILES string of the molecule is CCOc1cc(C(=O)N/N=C/c2ccc(OCc3cccc(Cl)c3)c(Br)c2)ccc1OC. The zero-order valence-electron chi connectivity index (χ0n) is 17.6. The second-order valence-corrected chi connectivity index (χ2v) is 7.90. The first-order valence-electron chi connectivity index (χ1n) is 9.81. The second kappa shape index (κ2) is 11.5. The molecule has 0 bridgehead atoms. The number of carbonyl (C=O) groups excluding carboxylic acids is 1. The maximum atomic E-state index is 12.4. The highest BCUT2D eigenvalue weighted by Gasteiger charge is 2.10. The Balaban J connectivity index is 1.60. The Morgan fingerprint density at radius 1 is 1.06 bits per heavy atom. The van der Waals surface area contributed by atoms with Crippen LogP contribution in [-0.2, 0) is 6.61 Å². The molecule has 0 heterocycles. The van der Waals surface area contributed by atoms with Crippen LogP contribution in [0.15, 0.2) is 70.2 Å². The molecule has 3 rings (SSSR count). The summed E-state index contributed by atoms with van der Waals surface area (Å²) >= 11 is 9.51. The number of rotatable bonds is 9. The molecular formula is C24H22BrClN2O4. The smallest absolute Gasteiger partial charge is 0.271 e. The molecular weight excluding hydrogens is 496 g/mol. The van der Waals surface area contributed by atoms with Crippen LogP contribution in [0.25, 0.3) is 0 Å². The highest BCUT2D eigenvalue weighted by atomic mass is 79.9. The zero-order chi connectivity index (χ0) is 22.9. The number of hydrogen-bond acceptors (Lipinski definition) is 5. The quantitative estimate of drug-likeness (QED) is 0.285. The van der Waals surface area contributed by atoms with Gasteiger partial charge in [0.15, 0.2) is 11.5 Å². The minimum absolute atomic E-state index is 0.356. The van der Waals surface area contributed by atoms with Gasteiger partial charge < -0.3 is 14.2 Å². The van der Waals surface area contributed by atoms with Gasteiger partial charge in [0.2, 0.25) is 0 Å². The van der Waals surface area contributed by atoms with Crippen LogP contribution in [0, 0.1) is 0 Å². The number of nitrogens with one attached hydrogen (secondary N) is 1. The van der Waals surface area contributed by atoms with E-state index in [1.165, 1.54) is 0 Å². The Morgan fingerprint density at radius 3 is 2.59 bits per heavy atom. The molecule has 1 N–H and O–H groups in total. The van der Waals surface area contributed by atoms with E-state index in [2.05, 4.69) is 26.5 Å². The van der Waals surface area contributed by atoms with Crippen LogP contribution in [-0.4, -0.2) is 25.8 Å². The molecule has 6 nitrogen and oxygen atoms in total. The van der Waals surface area contributed by atoms with Gasteiger partial charge >= 0.3 is 0 Å². The fraction of sp³-hybridized carbons (Fsp3) is 0.167. The molecule has 1 amide bonds. The number of carbonyl (C=O) groups is 1. The molecule has 0 aliphatic rings. The largest absolute Gasteiger partial charge is 0.493 e. The van der Waals surface area contributed by atoms with Crippen molar-refractivity contribution in [3.63, 3.8) is 0 Å². The number of halogens is 2. The van der Waals surface area contributed by atoms with E-state index in [4.69, 9.17) is 25.8 Å². The Bertz CT molecular complexity index is 1120. The van der Waals surface area contributed by atoms with E-state index in [9.17, 15) is 4.79 Å². The van der Waals surface area contributed by atoms with Crippen molar-refractivity contribution in [1.29, 1.82) is 0 Å². The van der Waals surface area contributed by atoms with Gasteiger partial charge in [0.25, 0.3) is 5.91 Å². The van der Waals surface area contributed by atoms with Gasteiger partial charge in [0, 0.05) is 10.6 Å². The lowest BCUT2D eigenvalue weighted by molar-refractivity contribution is 0.0954. The first kappa shape index (κ1) is 23.6. The number of hydrogen-bond donors (Lipinski definition) is 1. The summed E-state index contributed by atoms with van der Waals surface area (Å²) in [6.07, 6.45) is 1.55. The summed E-state index contributed by atoms with van der Waals surface area (Å²) in [5.74, 6) is 1.40. The van der Waals surface area contributed by atoms with Crippen LogP contribution in [0.5, 0.6) is 17.2 Å². The number of nitrogens with zero attached hydrogens (tertiary/aromatic N) is 1. The summed E-state index contributed by atoms with van der Waals surface area (Å²) in [5, 5.41) is 4.71. The van der Waals surface area contributed by atoms with Crippen LogP contribution in [0.4, 0.5) is 0 Å². The average Bonchev–Trinajstić information content (AvgIpc) is 2.78. The Morgan fingerprint density at radius 2 is 1.88 bits per heavy atom. The Kier molecular flexibility index (Phi) is 8.53. The predicted octanol–water partition coefficient (Wildman–Crippen LogP) is 5.85. The Labute approximate surface area is 200 Å². The average molecular weight is 518 g/mol. The second-order valence-electron chi connectivity index (χ2n) is 6.61. The molecule has 0 radical (unpaired) electrons. The maximum Gasteiger partial charge on any atom is 0.271 e. The fourth-order valence-corrected chi connectivity index (χ4v) is 3.54. The monoisotopic (exact) mass is 516 g/mol. The lowest BCUT2D eigenvalue weighted by Crippen LogP contribution is -2.17. The van der Waals surface area contributed by atoms with E-state index >= 15 is 0 Å². The number of methoxy groups -OCH3 is 1. The highest BCUT2D eigenvalue weighted by Crippen LogP contribution is 2.28. The van der Waals surface area contributed by atoms with Gasteiger partial charge in [-0.15, -0.1) is 0 Å². The van der Waals surface area contributed by atoms with E-state index in [0.717, 1.165) is 15.6 Å². The summed E-state index contributed by atoms with van der Waals surface area (Å²) in [7, 11) is 1.55. The van der Waals surface area contributed by atoms with Gasteiger partial charge in [-0.25, -0.2) is 5.43 Å². The van der Waals surface area contributed by atoms with Gasteiger partial charge in [0.1, 0.15) is 12.4 Å². The fourth-order valence-electron chi connectivity index (χ4n) is 2.82. The molecule has 0 aromatic heterocycles. The molecule has 0 saturated carbocycles. The van der Waals surface area contributed by atoms with Crippen molar-refractivity contribution in [3.8, 4) is 17.2 Å². The predicted molar refractivity (Wildman–Crippen MR) is 129 cm³/mol. The van der Waals surface area contributed by atoms with Crippen molar-refractivity contribution in [3.05, 3.63) is 86.8 Å². The molecule has 0 aliphatic carbocycles. The van der Waals surface area contributed by atoms with Crippen molar-refractivity contribution in [1.82, 2.24) is 5.43 Å². The molecule has 32 heavy (non-hydrogen) atoms. The third kappa shape index (κ3) is 6.48. The number of hydrazone groups is 1. The lowest BCUT2D eigenvalue weighted by atomic mass is 10.2. The van der Waals surface area contributed by atoms with Crippen LogP contribution in [0.1, 0.15) is 28.4 Å². The van der Waals surface area contributed by atoms with E-state index in [1.807, 2.05) is 49.4 Å². The topological polar surface area (TPSA) is 69.2 Å². The molecule has 0 unspecified atom stereocenters. The van der Waals surface area contributed by atoms with Crippen LogP contribution >= 0.6 is 27.5 Å². The van der Waals surface area contributed by atoms with Gasteiger partial charge in [-0.05, 0) is 82.5 Å². The van der Waals surface area contributed by atoms with Crippen LogP contribution in [0.2, 0.25) is 5.02 Å². The summed E-state index contributed by atoms with van der Waals surface area (Å²) in [6.45, 7) is 2.73. The molecule has 0 aliphatic heterocycles. The molecule has 0 atom stereocenters. The first-order valence-corrected chi connectivity index (χ1v) is 11.0. The highest BCUT2D eigenvalue weighted by molar-refractivity contribution is 9.10.